The minimum Gasteiger partial charge on any atom is -0.375 e. The third kappa shape index (κ3) is 7.02. The Hall–Kier alpha value is -1.28. The smallest absolute Gasteiger partial charge is 0.261 e. The lowest BCUT2D eigenvalue weighted by Gasteiger charge is -2.27. The largest absolute Gasteiger partial charge is 0.375 e. The van der Waals surface area contributed by atoms with E-state index in [9.17, 15) is 18.4 Å². The molecule has 1 aliphatic heterocycles. The average Bonchev–Trinajstić information content (AvgIpc) is 2.41. The summed E-state index contributed by atoms with van der Waals surface area (Å²) in [7, 11) is 0. The van der Waals surface area contributed by atoms with E-state index in [-0.39, 0.29) is 31.4 Å². The molecule has 1 heterocycles. The molecule has 0 saturated carbocycles. The summed E-state index contributed by atoms with van der Waals surface area (Å²) in [6.45, 7) is 1.96. The second-order valence-electron chi connectivity index (χ2n) is 4.12. The first kappa shape index (κ1) is 15.8. The summed E-state index contributed by atoms with van der Waals surface area (Å²) in [5.74, 6) is -0.513. The molecule has 0 bridgehead atoms. The van der Waals surface area contributed by atoms with Crippen molar-refractivity contribution >= 4 is 11.8 Å². The van der Waals surface area contributed by atoms with Gasteiger partial charge in [0.05, 0.1) is 13.2 Å². The summed E-state index contributed by atoms with van der Waals surface area (Å²) < 4.78 is 28.1. The number of nitrogens with one attached hydrogen (secondary N) is 2. The lowest BCUT2D eigenvalue weighted by atomic mass is 10.3. The lowest BCUT2D eigenvalue weighted by Crippen LogP contribution is -2.49. The van der Waals surface area contributed by atoms with Gasteiger partial charge >= 0.3 is 0 Å². The van der Waals surface area contributed by atoms with Crippen LogP contribution in [0.3, 0.4) is 0 Å². The van der Waals surface area contributed by atoms with Gasteiger partial charge in [0.2, 0.25) is 11.8 Å². The van der Waals surface area contributed by atoms with Crippen molar-refractivity contribution in [2.45, 2.75) is 12.8 Å². The van der Waals surface area contributed by atoms with E-state index in [1.807, 2.05) is 0 Å². The highest BCUT2D eigenvalue weighted by atomic mass is 19.3. The Morgan fingerprint density at radius 1 is 1.32 bits per heavy atom. The summed E-state index contributed by atoms with van der Waals surface area (Å²) >= 11 is 0. The number of amides is 2. The molecule has 0 unspecified atom stereocenters. The van der Waals surface area contributed by atoms with Gasteiger partial charge in [-0.05, 0) is 0 Å². The van der Waals surface area contributed by atoms with E-state index in [2.05, 4.69) is 15.4 Å². The molecule has 1 fully saturated rings. The molecule has 1 saturated heterocycles. The molecule has 8 heteroatoms. The highest BCUT2D eigenvalue weighted by Gasteiger charge is 2.16. The van der Waals surface area contributed by atoms with Crippen LogP contribution in [0.25, 0.3) is 0 Å². The first-order valence-corrected chi connectivity index (χ1v) is 6.20. The average molecular weight is 279 g/mol. The highest BCUT2D eigenvalue weighted by molar-refractivity contribution is 5.84. The Labute approximate surface area is 110 Å². The van der Waals surface area contributed by atoms with Gasteiger partial charge in [-0.1, -0.05) is 0 Å². The highest BCUT2D eigenvalue weighted by Crippen LogP contribution is 1.94. The van der Waals surface area contributed by atoms with Gasteiger partial charge in [0.15, 0.2) is 0 Å². The third-order valence-electron chi connectivity index (χ3n) is 2.62. The summed E-state index contributed by atoms with van der Waals surface area (Å²) in [6.07, 6.45) is -2.56. The van der Waals surface area contributed by atoms with E-state index in [1.165, 1.54) is 0 Å². The molecule has 0 aromatic carbocycles. The molecule has 0 radical (unpaired) electrons. The quantitative estimate of drug-likeness (QED) is 0.599. The summed E-state index contributed by atoms with van der Waals surface area (Å²) in [5.41, 5.74) is 0. The predicted octanol–water partition coefficient (Wildman–Crippen LogP) is -0.794. The van der Waals surface area contributed by atoms with E-state index in [1.54, 1.807) is 4.90 Å². The Bertz CT molecular complexity index is 297. The maximum Gasteiger partial charge on any atom is 0.261 e. The zero-order valence-electron chi connectivity index (χ0n) is 10.7. The van der Waals surface area contributed by atoms with E-state index in [0.717, 1.165) is 13.1 Å². The van der Waals surface area contributed by atoms with Crippen LogP contribution in [0.1, 0.15) is 6.42 Å². The van der Waals surface area contributed by atoms with Gasteiger partial charge in [-0.3, -0.25) is 9.59 Å². The number of rotatable bonds is 7. The van der Waals surface area contributed by atoms with Crippen LogP contribution in [-0.2, 0) is 14.3 Å². The Kier molecular flexibility index (Phi) is 7.27. The molecule has 0 atom stereocenters. The maximum atomic E-state index is 11.7. The minimum atomic E-state index is -2.53. The summed E-state index contributed by atoms with van der Waals surface area (Å²) in [6, 6.07) is 0. The van der Waals surface area contributed by atoms with E-state index < -0.39 is 13.0 Å². The monoisotopic (exact) mass is 279 g/mol. The van der Waals surface area contributed by atoms with Crippen LogP contribution in [0.2, 0.25) is 0 Å². The van der Waals surface area contributed by atoms with Crippen LogP contribution in [0.15, 0.2) is 0 Å². The molecule has 1 rings (SSSR count). The van der Waals surface area contributed by atoms with Crippen molar-refractivity contribution in [3.8, 4) is 0 Å². The number of hydrogen-bond donors (Lipinski definition) is 2. The molecule has 19 heavy (non-hydrogen) atoms. The van der Waals surface area contributed by atoms with Crippen molar-refractivity contribution in [3.63, 3.8) is 0 Å². The normalized spacial score (nSPS) is 15.6. The first-order valence-electron chi connectivity index (χ1n) is 6.20. The van der Waals surface area contributed by atoms with Crippen molar-refractivity contribution in [2.24, 2.45) is 0 Å². The second-order valence-corrected chi connectivity index (χ2v) is 4.12. The van der Waals surface area contributed by atoms with Gasteiger partial charge < -0.3 is 20.3 Å². The zero-order chi connectivity index (χ0) is 14.1. The molecule has 0 aromatic rings. The fourth-order valence-corrected chi connectivity index (χ4v) is 1.63. The molecule has 2 N–H and O–H groups in total. The molecule has 0 aromatic heterocycles. The number of nitrogens with zero attached hydrogens (tertiary/aromatic N) is 1. The zero-order valence-corrected chi connectivity index (χ0v) is 10.7. The molecule has 1 aliphatic rings. The van der Waals surface area contributed by atoms with E-state index >= 15 is 0 Å². The molecular weight excluding hydrogens is 260 g/mol. The van der Waals surface area contributed by atoms with Gasteiger partial charge in [0.1, 0.15) is 6.61 Å². The fourth-order valence-electron chi connectivity index (χ4n) is 1.63. The van der Waals surface area contributed by atoms with Crippen LogP contribution < -0.4 is 10.6 Å². The van der Waals surface area contributed by atoms with Crippen molar-refractivity contribution < 1.29 is 23.1 Å². The number of halogens is 2. The van der Waals surface area contributed by atoms with Crippen LogP contribution >= 0.6 is 0 Å². The van der Waals surface area contributed by atoms with Crippen LogP contribution in [0.4, 0.5) is 8.78 Å². The van der Waals surface area contributed by atoms with E-state index in [4.69, 9.17) is 0 Å². The topological polar surface area (TPSA) is 70.7 Å². The van der Waals surface area contributed by atoms with Gasteiger partial charge in [-0.15, -0.1) is 0 Å². The SMILES string of the molecule is O=C(CCOCC(F)F)NCC(=O)N1CCNCC1. The number of hydrogen-bond acceptors (Lipinski definition) is 4. The van der Waals surface area contributed by atoms with Crippen LogP contribution in [0.5, 0.6) is 0 Å². The molecule has 110 valence electrons. The van der Waals surface area contributed by atoms with Gasteiger partial charge in [0.25, 0.3) is 6.43 Å². The third-order valence-corrected chi connectivity index (χ3v) is 2.62. The Morgan fingerprint density at radius 2 is 2.00 bits per heavy atom. The van der Waals surface area contributed by atoms with Crippen molar-refractivity contribution in [1.82, 2.24) is 15.5 Å². The number of alkyl halides is 2. The number of carbonyl (C=O) groups is 2. The summed E-state index contributed by atoms with van der Waals surface area (Å²) in [4.78, 5) is 24.7. The number of piperazine rings is 1. The van der Waals surface area contributed by atoms with Crippen LogP contribution in [0, 0.1) is 0 Å². The lowest BCUT2D eigenvalue weighted by molar-refractivity contribution is -0.133. The Morgan fingerprint density at radius 3 is 2.63 bits per heavy atom. The molecule has 0 aliphatic carbocycles. The maximum absolute atomic E-state index is 11.7. The Balaban J connectivity index is 2.07. The second kappa shape index (κ2) is 8.76. The van der Waals surface area contributed by atoms with Gasteiger partial charge in [0, 0.05) is 32.6 Å². The van der Waals surface area contributed by atoms with Crippen molar-refractivity contribution in [3.05, 3.63) is 0 Å². The van der Waals surface area contributed by atoms with Gasteiger partial charge in [-0.25, -0.2) is 8.78 Å². The number of ether oxygens (including phenoxy) is 1. The summed E-state index contributed by atoms with van der Waals surface area (Å²) in [5, 5.41) is 5.57. The molecule has 6 nitrogen and oxygen atoms in total. The van der Waals surface area contributed by atoms with E-state index in [0.29, 0.717) is 13.1 Å². The van der Waals surface area contributed by atoms with Crippen LogP contribution in [-0.4, -0.2) is 69.1 Å². The molecule has 0 spiro atoms. The predicted molar refractivity (Wildman–Crippen MR) is 63.9 cm³/mol. The number of carbonyl (C=O) groups excluding carboxylic acids is 2. The molecule has 2 amide bonds. The van der Waals surface area contributed by atoms with Crippen molar-refractivity contribution in [2.75, 3.05) is 45.9 Å². The first-order chi connectivity index (χ1) is 9.09. The van der Waals surface area contributed by atoms with Crippen molar-refractivity contribution in [1.29, 1.82) is 0 Å². The van der Waals surface area contributed by atoms with Gasteiger partial charge in [-0.2, -0.15) is 0 Å². The standard InChI is InChI=1S/C11H19F2N3O3/c12-9(13)8-19-6-1-10(17)15-7-11(18)16-4-2-14-3-5-16/h9,14H,1-8H2,(H,15,17). The minimum absolute atomic E-state index is 0.0262. The fraction of sp³-hybridized carbons (Fsp3) is 0.818. The molecular formula is C11H19F2N3O3.